The summed E-state index contributed by atoms with van der Waals surface area (Å²) in [4.78, 5) is 6.90. The van der Waals surface area contributed by atoms with Crippen molar-refractivity contribution in [1.82, 2.24) is 20.1 Å². The van der Waals surface area contributed by atoms with Gasteiger partial charge in [0.2, 0.25) is 0 Å². The molecule has 7 nitrogen and oxygen atoms in total. The maximum absolute atomic E-state index is 14.0. The molecule has 1 saturated heterocycles. The Labute approximate surface area is 184 Å². The van der Waals surface area contributed by atoms with E-state index in [2.05, 4.69) is 31.5 Å². The van der Waals surface area contributed by atoms with E-state index in [0.717, 1.165) is 56.3 Å². The fourth-order valence-electron chi connectivity index (χ4n) is 4.51. The molecule has 2 atom stereocenters. The molecule has 0 radical (unpaired) electrons. The minimum atomic E-state index is -0.679. The van der Waals surface area contributed by atoms with E-state index in [1.54, 1.807) is 13.2 Å². The molecule has 3 heterocycles. The van der Waals surface area contributed by atoms with E-state index < -0.39 is 11.6 Å². The van der Waals surface area contributed by atoms with Gasteiger partial charge in [-0.2, -0.15) is 5.10 Å². The Bertz CT molecular complexity index is 1140. The topological polar surface area (TPSA) is 75.3 Å². The quantitative estimate of drug-likeness (QED) is 0.621. The van der Waals surface area contributed by atoms with Gasteiger partial charge < -0.3 is 19.7 Å². The van der Waals surface area contributed by atoms with Crippen molar-refractivity contribution in [1.29, 1.82) is 0 Å². The minimum absolute atomic E-state index is 0.0366. The molecule has 168 valence electrons. The third-order valence-electron chi connectivity index (χ3n) is 6.20. The van der Waals surface area contributed by atoms with Crippen LogP contribution in [0.2, 0.25) is 0 Å². The van der Waals surface area contributed by atoms with Crippen LogP contribution in [0.15, 0.2) is 42.1 Å². The third kappa shape index (κ3) is 4.05. The first-order chi connectivity index (χ1) is 15.6. The Morgan fingerprint density at radius 1 is 1.19 bits per heavy atom. The zero-order valence-electron chi connectivity index (χ0n) is 17.8. The van der Waals surface area contributed by atoms with Crippen molar-refractivity contribution in [2.45, 2.75) is 24.9 Å². The second-order valence-corrected chi connectivity index (χ2v) is 8.07. The highest BCUT2D eigenvalue weighted by atomic mass is 19.1. The highest BCUT2D eigenvalue weighted by molar-refractivity contribution is 5.80. The van der Waals surface area contributed by atoms with Crippen molar-refractivity contribution in [3.63, 3.8) is 0 Å². The van der Waals surface area contributed by atoms with Crippen molar-refractivity contribution in [2.24, 2.45) is 0 Å². The number of hydrogen-bond donors (Lipinski definition) is 2. The molecule has 1 aromatic carbocycles. The lowest BCUT2D eigenvalue weighted by atomic mass is 9.85. The van der Waals surface area contributed by atoms with E-state index >= 15 is 0 Å². The summed E-state index contributed by atoms with van der Waals surface area (Å²) in [5.41, 5.74) is 2.98. The highest BCUT2D eigenvalue weighted by Gasteiger charge is 2.32. The Morgan fingerprint density at radius 2 is 2.03 bits per heavy atom. The van der Waals surface area contributed by atoms with Crippen molar-refractivity contribution in [3.8, 4) is 0 Å². The average Bonchev–Trinajstić information content (AvgIpc) is 3.24. The first-order valence-electron chi connectivity index (χ1n) is 10.7. The SMILES string of the molecule is COC1CC=C(N2CCOCC2)CC1c1[nH]nc2nc(Nc3ccc(F)cc3F)ccc12. The number of pyridine rings is 1. The van der Waals surface area contributed by atoms with Crippen molar-refractivity contribution in [2.75, 3.05) is 38.7 Å². The van der Waals surface area contributed by atoms with E-state index in [0.29, 0.717) is 11.5 Å². The van der Waals surface area contributed by atoms with Gasteiger partial charge in [-0.25, -0.2) is 13.8 Å². The van der Waals surface area contributed by atoms with Crippen molar-refractivity contribution in [3.05, 3.63) is 59.4 Å². The lowest BCUT2D eigenvalue weighted by Gasteiger charge is -2.37. The number of anilines is 2. The summed E-state index contributed by atoms with van der Waals surface area (Å²) < 4.78 is 38.4. The second-order valence-electron chi connectivity index (χ2n) is 8.07. The number of aromatic nitrogens is 3. The summed E-state index contributed by atoms with van der Waals surface area (Å²) in [6.07, 6.45) is 3.98. The molecule has 0 bridgehead atoms. The number of methoxy groups -OCH3 is 1. The summed E-state index contributed by atoms with van der Waals surface area (Å²) >= 11 is 0. The number of halogens is 2. The van der Waals surface area contributed by atoms with Crippen molar-refractivity contribution >= 4 is 22.5 Å². The zero-order chi connectivity index (χ0) is 22.1. The first-order valence-corrected chi connectivity index (χ1v) is 10.7. The van der Waals surface area contributed by atoms with E-state index in [4.69, 9.17) is 9.47 Å². The molecule has 5 rings (SSSR count). The molecule has 9 heteroatoms. The fourth-order valence-corrected chi connectivity index (χ4v) is 4.51. The lowest BCUT2D eigenvalue weighted by molar-refractivity contribution is 0.0403. The summed E-state index contributed by atoms with van der Waals surface area (Å²) in [5.74, 6) is -0.758. The van der Waals surface area contributed by atoms with Gasteiger partial charge in [-0.1, -0.05) is 6.08 Å². The van der Waals surface area contributed by atoms with Gasteiger partial charge in [0.15, 0.2) is 5.65 Å². The van der Waals surface area contributed by atoms with Crippen LogP contribution in [0.4, 0.5) is 20.3 Å². The van der Waals surface area contributed by atoms with Crippen LogP contribution in [0.25, 0.3) is 11.0 Å². The van der Waals surface area contributed by atoms with Gasteiger partial charge in [0, 0.05) is 43.3 Å². The highest BCUT2D eigenvalue weighted by Crippen LogP contribution is 2.38. The number of allylic oxidation sites excluding steroid dienone is 1. The Hall–Kier alpha value is -3.04. The number of ether oxygens (including phenoxy) is 2. The van der Waals surface area contributed by atoms with E-state index in [1.807, 2.05) is 6.07 Å². The number of nitrogens with zero attached hydrogens (tertiary/aromatic N) is 3. The monoisotopic (exact) mass is 441 g/mol. The number of benzene rings is 1. The van der Waals surface area contributed by atoms with E-state index in [9.17, 15) is 8.78 Å². The van der Waals surface area contributed by atoms with Crippen LogP contribution in [0.3, 0.4) is 0 Å². The maximum atomic E-state index is 14.0. The van der Waals surface area contributed by atoms with Gasteiger partial charge >= 0.3 is 0 Å². The maximum Gasteiger partial charge on any atom is 0.183 e. The number of hydrogen-bond acceptors (Lipinski definition) is 6. The Kier molecular flexibility index (Phi) is 5.75. The van der Waals surface area contributed by atoms with Gasteiger partial charge in [-0.05, 0) is 37.1 Å². The largest absolute Gasteiger partial charge is 0.380 e. The second kappa shape index (κ2) is 8.84. The lowest BCUT2D eigenvalue weighted by Crippen LogP contribution is -2.38. The molecule has 0 saturated carbocycles. The molecule has 2 aliphatic rings. The predicted molar refractivity (Wildman–Crippen MR) is 117 cm³/mol. The molecule has 2 N–H and O–H groups in total. The molecule has 2 aromatic heterocycles. The Morgan fingerprint density at radius 3 is 2.81 bits per heavy atom. The Balaban J connectivity index is 1.40. The number of rotatable bonds is 5. The number of nitrogens with one attached hydrogen (secondary N) is 2. The fraction of sp³-hybridized carbons (Fsp3) is 0.391. The van der Waals surface area contributed by atoms with E-state index in [1.165, 1.54) is 17.8 Å². The van der Waals surface area contributed by atoms with Crippen molar-refractivity contribution < 1.29 is 18.3 Å². The molecule has 32 heavy (non-hydrogen) atoms. The van der Waals surface area contributed by atoms with Crippen LogP contribution in [0, 0.1) is 11.6 Å². The standard InChI is InChI=1S/C23H25F2N5O2/c1-31-20-6-3-15(30-8-10-32-11-9-30)13-17(20)22-16-4-7-21(27-23(16)29-28-22)26-19-5-2-14(24)12-18(19)25/h2-5,7,12,17,20H,6,8-11,13H2,1H3,(H2,26,27,28,29). The summed E-state index contributed by atoms with van der Waals surface area (Å²) in [6, 6.07) is 7.07. The number of H-pyrrole nitrogens is 1. The molecule has 2 unspecified atom stereocenters. The molecule has 1 aliphatic heterocycles. The van der Waals surface area contributed by atoms with Crippen LogP contribution < -0.4 is 5.32 Å². The van der Waals surface area contributed by atoms with E-state index in [-0.39, 0.29) is 17.7 Å². The normalized spacial score (nSPS) is 21.6. The summed E-state index contributed by atoms with van der Waals surface area (Å²) in [5, 5.41) is 11.4. The molecule has 0 spiro atoms. The number of morpholine rings is 1. The third-order valence-corrected chi connectivity index (χ3v) is 6.20. The zero-order valence-corrected chi connectivity index (χ0v) is 17.8. The first kappa shape index (κ1) is 20.8. The average molecular weight is 441 g/mol. The number of fused-ring (bicyclic) bond motifs is 1. The summed E-state index contributed by atoms with van der Waals surface area (Å²) in [6.45, 7) is 3.29. The summed E-state index contributed by atoms with van der Waals surface area (Å²) in [7, 11) is 1.74. The van der Waals surface area contributed by atoms with Gasteiger partial charge in [-0.15, -0.1) is 0 Å². The van der Waals surface area contributed by atoms with Crippen LogP contribution in [0.1, 0.15) is 24.5 Å². The number of aromatic amines is 1. The minimum Gasteiger partial charge on any atom is -0.380 e. The van der Waals surface area contributed by atoms with Crippen LogP contribution in [0.5, 0.6) is 0 Å². The molecule has 3 aromatic rings. The predicted octanol–water partition coefficient (Wildman–Crippen LogP) is 4.09. The van der Waals surface area contributed by atoms with Gasteiger partial charge in [0.05, 0.1) is 30.7 Å². The van der Waals surface area contributed by atoms with Gasteiger partial charge in [0.25, 0.3) is 0 Å². The molecule has 1 fully saturated rings. The van der Waals surface area contributed by atoms with Crippen LogP contribution in [-0.4, -0.2) is 59.6 Å². The molecule has 1 aliphatic carbocycles. The van der Waals surface area contributed by atoms with Gasteiger partial charge in [0.1, 0.15) is 17.5 Å². The molecule has 0 amide bonds. The smallest absolute Gasteiger partial charge is 0.183 e. The van der Waals surface area contributed by atoms with Gasteiger partial charge in [-0.3, -0.25) is 5.10 Å². The van der Waals surface area contributed by atoms with Crippen LogP contribution >= 0.6 is 0 Å². The van der Waals surface area contributed by atoms with Crippen LogP contribution in [-0.2, 0) is 9.47 Å². The molecular weight excluding hydrogens is 416 g/mol. The molecular formula is C23H25F2N5O2.